The zero-order chi connectivity index (χ0) is 11.4. The third kappa shape index (κ3) is 3.24. The quantitative estimate of drug-likeness (QED) is 0.819. The molecule has 0 aromatic heterocycles. The third-order valence-corrected chi connectivity index (χ3v) is 2.80. The molecule has 2 nitrogen and oxygen atoms in total. The van der Waals surface area contributed by atoms with Crippen molar-refractivity contribution in [1.82, 2.24) is 5.32 Å². The Morgan fingerprint density at radius 1 is 1.20 bits per heavy atom. The summed E-state index contributed by atoms with van der Waals surface area (Å²) in [5.74, 6) is 0.982. The summed E-state index contributed by atoms with van der Waals surface area (Å²) in [5.41, 5.74) is 2.47. The third-order valence-electron chi connectivity index (χ3n) is 2.80. The van der Waals surface area contributed by atoms with Crippen LogP contribution in [0.5, 0.6) is 5.75 Å². The largest absolute Gasteiger partial charge is 0.489 e. The number of ether oxygens (including phenoxy) is 1. The minimum atomic E-state index is 0.177. The minimum Gasteiger partial charge on any atom is -0.489 e. The summed E-state index contributed by atoms with van der Waals surface area (Å²) in [7, 11) is 1.95. The summed E-state index contributed by atoms with van der Waals surface area (Å²) in [6.07, 6.45) is 0.177. The summed E-state index contributed by atoms with van der Waals surface area (Å²) in [5, 5.41) is 3.19. The van der Waals surface area contributed by atoms with E-state index < -0.39 is 0 Å². The Kier molecular flexibility index (Phi) is 4.15. The molecule has 0 heterocycles. The van der Waals surface area contributed by atoms with Crippen molar-refractivity contribution in [3.63, 3.8) is 0 Å². The van der Waals surface area contributed by atoms with Crippen LogP contribution in [0, 0.1) is 13.8 Å². The molecular formula is C13H21NO. The van der Waals surface area contributed by atoms with Gasteiger partial charge in [0.2, 0.25) is 0 Å². The van der Waals surface area contributed by atoms with Gasteiger partial charge in [0.05, 0.1) is 0 Å². The molecule has 1 aromatic rings. The van der Waals surface area contributed by atoms with Crippen LogP contribution in [0.25, 0.3) is 0 Å². The standard InChI is InChI=1S/C13H21NO/c1-9-6-7-13(10(2)8-9)15-12(4)11(3)14-5/h6-8,11-12,14H,1-5H3. The summed E-state index contributed by atoms with van der Waals surface area (Å²) >= 11 is 0. The number of aryl methyl sites for hydroxylation is 2. The lowest BCUT2D eigenvalue weighted by atomic mass is 10.1. The van der Waals surface area contributed by atoms with E-state index in [1.807, 2.05) is 13.1 Å². The molecule has 1 rings (SSSR count). The Labute approximate surface area is 92.6 Å². The first-order valence-electron chi connectivity index (χ1n) is 5.45. The molecule has 0 radical (unpaired) electrons. The van der Waals surface area contributed by atoms with E-state index >= 15 is 0 Å². The predicted octanol–water partition coefficient (Wildman–Crippen LogP) is 2.68. The number of hydrogen-bond acceptors (Lipinski definition) is 2. The Bertz CT molecular complexity index is 322. The second-order valence-electron chi connectivity index (χ2n) is 4.17. The van der Waals surface area contributed by atoms with Gasteiger partial charge >= 0.3 is 0 Å². The summed E-state index contributed by atoms with van der Waals surface area (Å²) in [4.78, 5) is 0. The van der Waals surface area contributed by atoms with Crippen molar-refractivity contribution in [2.24, 2.45) is 0 Å². The molecule has 0 aliphatic carbocycles. The van der Waals surface area contributed by atoms with Gasteiger partial charge < -0.3 is 10.1 Å². The molecule has 15 heavy (non-hydrogen) atoms. The molecule has 2 atom stereocenters. The molecule has 0 fully saturated rings. The maximum absolute atomic E-state index is 5.89. The van der Waals surface area contributed by atoms with E-state index in [0.29, 0.717) is 6.04 Å². The monoisotopic (exact) mass is 207 g/mol. The van der Waals surface area contributed by atoms with Gasteiger partial charge in [-0.2, -0.15) is 0 Å². The molecule has 0 spiro atoms. The van der Waals surface area contributed by atoms with Gasteiger partial charge in [0, 0.05) is 6.04 Å². The minimum absolute atomic E-state index is 0.177. The molecule has 1 aromatic carbocycles. The number of rotatable bonds is 4. The van der Waals surface area contributed by atoms with Gasteiger partial charge in [0.15, 0.2) is 0 Å². The first-order chi connectivity index (χ1) is 7.04. The summed E-state index contributed by atoms with van der Waals surface area (Å²) in [6, 6.07) is 6.63. The molecule has 2 heteroatoms. The van der Waals surface area contributed by atoms with E-state index in [-0.39, 0.29) is 6.10 Å². The Balaban J connectivity index is 2.72. The van der Waals surface area contributed by atoms with E-state index in [9.17, 15) is 0 Å². The number of nitrogens with one attached hydrogen (secondary N) is 1. The van der Waals surface area contributed by atoms with E-state index in [1.165, 1.54) is 11.1 Å². The van der Waals surface area contributed by atoms with Gasteiger partial charge in [-0.25, -0.2) is 0 Å². The smallest absolute Gasteiger partial charge is 0.122 e. The molecule has 0 bridgehead atoms. The highest BCUT2D eigenvalue weighted by Crippen LogP contribution is 2.20. The number of likely N-dealkylation sites (N-methyl/N-ethyl adjacent to an activating group) is 1. The molecule has 0 aliphatic heterocycles. The highest BCUT2D eigenvalue weighted by atomic mass is 16.5. The summed E-state index contributed by atoms with van der Waals surface area (Å²) < 4.78 is 5.89. The topological polar surface area (TPSA) is 21.3 Å². The van der Waals surface area contributed by atoms with Gasteiger partial charge in [-0.1, -0.05) is 17.7 Å². The van der Waals surface area contributed by atoms with Gasteiger partial charge in [-0.15, -0.1) is 0 Å². The molecule has 0 saturated carbocycles. The van der Waals surface area contributed by atoms with Crippen LogP contribution in [-0.4, -0.2) is 19.2 Å². The fourth-order valence-electron chi connectivity index (χ4n) is 1.47. The Morgan fingerprint density at radius 2 is 1.87 bits per heavy atom. The fourth-order valence-corrected chi connectivity index (χ4v) is 1.47. The van der Waals surface area contributed by atoms with Crippen LogP contribution in [0.1, 0.15) is 25.0 Å². The molecule has 1 N–H and O–H groups in total. The average molecular weight is 207 g/mol. The normalized spacial score (nSPS) is 14.7. The van der Waals surface area contributed by atoms with E-state index in [4.69, 9.17) is 4.74 Å². The highest BCUT2D eigenvalue weighted by Gasteiger charge is 2.12. The van der Waals surface area contributed by atoms with Crippen LogP contribution in [0.3, 0.4) is 0 Å². The van der Waals surface area contributed by atoms with Crippen molar-refractivity contribution in [3.8, 4) is 5.75 Å². The Hall–Kier alpha value is -1.02. The van der Waals surface area contributed by atoms with Crippen molar-refractivity contribution >= 4 is 0 Å². The van der Waals surface area contributed by atoms with E-state index in [0.717, 1.165) is 5.75 Å². The molecule has 0 amide bonds. The van der Waals surface area contributed by atoms with Crippen molar-refractivity contribution < 1.29 is 4.74 Å². The second-order valence-corrected chi connectivity index (χ2v) is 4.17. The predicted molar refractivity (Wildman–Crippen MR) is 64.5 cm³/mol. The highest BCUT2D eigenvalue weighted by molar-refractivity contribution is 5.35. The van der Waals surface area contributed by atoms with E-state index in [1.54, 1.807) is 0 Å². The molecular weight excluding hydrogens is 186 g/mol. The van der Waals surface area contributed by atoms with Crippen molar-refractivity contribution in [2.75, 3.05) is 7.05 Å². The summed E-state index contributed by atoms with van der Waals surface area (Å²) in [6.45, 7) is 8.38. The first-order valence-corrected chi connectivity index (χ1v) is 5.45. The van der Waals surface area contributed by atoms with Crippen LogP contribution in [-0.2, 0) is 0 Å². The zero-order valence-corrected chi connectivity index (χ0v) is 10.3. The van der Waals surface area contributed by atoms with E-state index in [2.05, 4.69) is 45.1 Å². The van der Waals surface area contributed by atoms with Crippen molar-refractivity contribution in [1.29, 1.82) is 0 Å². The lowest BCUT2D eigenvalue weighted by Gasteiger charge is -2.22. The van der Waals surface area contributed by atoms with Crippen LogP contribution < -0.4 is 10.1 Å². The van der Waals surface area contributed by atoms with Gasteiger partial charge in [-0.05, 0) is 46.4 Å². The first kappa shape index (κ1) is 12.1. The van der Waals surface area contributed by atoms with Gasteiger partial charge in [0.25, 0.3) is 0 Å². The van der Waals surface area contributed by atoms with Gasteiger partial charge in [-0.3, -0.25) is 0 Å². The molecule has 0 saturated heterocycles. The van der Waals surface area contributed by atoms with Crippen LogP contribution >= 0.6 is 0 Å². The SMILES string of the molecule is CNC(C)C(C)Oc1ccc(C)cc1C. The number of benzene rings is 1. The number of hydrogen-bond donors (Lipinski definition) is 1. The van der Waals surface area contributed by atoms with Crippen molar-refractivity contribution in [2.45, 2.75) is 39.8 Å². The lowest BCUT2D eigenvalue weighted by Crippen LogP contribution is -2.36. The van der Waals surface area contributed by atoms with Gasteiger partial charge in [0.1, 0.15) is 11.9 Å². The van der Waals surface area contributed by atoms with Crippen LogP contribution in [0.15, 0.2) is 18.2 Å². The molecule has 0 aliphatic rings. The fraction of sp³-hybridized carbons (Fsp3) is 0.538. The lowest BCUT2D eigenvalue weighted by molar-refractivity contribution is 0.181. The Morgan fingerprint density at radius 3 is 2.40 bits per heavy atom. The molecule has 2 unspecified atom stereocenters. The molecule has 84 valence electrons. The van der Waals surface area contributed by atoms with Crippen LogP contribution in [0.2, 0.25) is 0 Å². The van der Waals surface area contributed by atoms with Crippen molar-refractivity contribution in [3.05, 3.63) is 29.3 Å². The maximum Gasteiger partial charge on any atom is 0.122 e. The second kappa shape index (κ2) is 5.17. The average Bonchev–Trinajstić information content (AvgIpc) is 2.20. The van der Waals surface area contributed by atoms with Crippen LogP contribution in [0.4, 0.5) is 0 Å². The zero-order valence-electron chi connectivity index (χ0n) is 10.3. The maximum atomic E-state index is 5.89.